The maximum atomic E-state index is 10.2. The molecular formula is C15H21NO2. The van der Waals surface area contributed by atoms with E-state index in [0.717, 1.165) is 38.1 Å². The molecule has 1 aromatic rings. The van der Waals surface area contributed by atoms with Crippen molar-refractivity contribution in [3.63, 3.8) is 0 Å². The second kappa shape index (κ2) is 4.47. The van der Waals surface area contributed by atoms with Gasteiger partial charge in [-0.15, -0.1) is 0 Å². The summed E-state index contributed by atoms with van der Waals surface area (Å²) in [5.41, 5.74) is 2.07. The van der Waals surface area contributed by atoms with E-state index in [9.17, 15) is 5.11 Å². The molecule has 3 nitrogen and oxygen atoms in total. The molecule has 0 unspecified atom stereocenters. The first-order chi connectivity index (χ1) is 8.70. The third-order valence-corrected chi connectivity index (χ3v) is 4.08. The third kappa shape index (κ3) is 2.32. The first-order valence-corrected chi connectivity index (χ1v) is 6.84. The molecule has 1 aromatic carbocycles. The van der Waals surface area contributed by atoms with Crippen molar-refractivity contribution in [1.82, 2.24) is 0 Å². The van der Waals surface area contributed by atoms with E-state index in [-0.39, 0.29) is 0 Å². The van der Waals surface area contributed by atoms with Gasteiger partial charge in [-0.25, -0.2) is 0 Å². The number of hydrogen-bond acceptors (Lipinski definition) is 3. The number of rotatable bonds is 4. The van der Waals surface area contributed by atoms with E-state index in [1.54, 1.807) is 7.11 Å². The molecule has 2 aliphatic rings. The van der Waals surface area contributed by atoms with Crippen LogP contribution in [0, 0.1) is 0 Å². The van der Waals surface area contributed by atoms with E-state index < -0.39 is 5.60 Å². The lowest BCUT2D eigenvalue weighted by Gasteiger charge is -2.23. The van der Waals surface area contributed by atoms with Gasteiger partial charge in [-0.3, -0.25) is 0 Å². The Morgan fingerprint density at radius 2 is 2.00 bits per heavy atom. The Hall–Kier alpha value is -1.22. The van der Waals surface area contributed by atoms with Crippen LogP contribution >= 0.6 is 0 Å². The van der Waals surface area contributed by atoms with Gasteiger partial charge in [0, 0.05) is 25.2 Å². The van der Waals surface area contributed by atoms with Crippen LogP contribution in [0.2, 0.25) is 0 Å². The zero-order valence-electron chi connectivity index (χ0n) is 11.0. The number of anilines is 1. The molecule has 0 bridgehead atoms. The molecular weight excluding hydrogens is 226 g/mol. The van der Waals surface area contributed by atoms with Crippen molar-refractivity contribution in [3.05, 3.63) is 23.8 Å². The van der Waals surface area contributed by atoms with Crippen LogP contribution in [-0.2, 0) is 6.42 Å². The SMILES string of the molecule is COc1ccc(N2CCCC2)c(CC2(O)CC2)c1. The van der Waals surface area contributed by atoms with Crippen molar-refractivity contribution in [2.45, 2.75) is 37.7 Å². The maximum Gasteiger partial charge on any atom is 0.119 e. The predicted octanol–water partition coefficient (Wildman–Crippen LogP) is 2.36. The summed E-state index contributed by atoms with van der Waals surface area (Å²) in [6.45, 7) is 2.27. The highest BCUT2D eigenvalue weighted by atomic mass is 16.5. The fourth-order valence-corrected chi connectivity index (χ4v) is 2.77. The Kier molecular flexibility index (Phi) is 2.94. The van der Waals surface area contributed by atoms with Crippen molar-refractivity contribution in [2.75, 3.05) is 25.1 Å². The summed E-state index contributed by atoms with van der Waals surface area (Å²) in [6.07, 6.45) is 5.18. The van der Waals surface area contributed by atoms with E-state index in [4.69, 9.17) is 4.74 Å². The van der Waals surface area contributed by atoms with Crippen molar-refractivity contribution >= 4 is 5.69 Å². The zero-order chi connectivity index (χ0) is 12.6. The molecule has 1 N–H and O–H groups in total. The average Bonchev–Trinajstić information content (AvgIpc) is 2.90. The molecule has 98 valence electrons. The van der Waals surface area contributed by atoms with Gasteiger partial charge in [0.15, 0.2) is 0 Å². The van der Waals surface area contributed by atoms with Gasteiger partial charge >= 0.3 is 0 Å². The Bertz CT molecular complexity index is 434. The summed E-state index contributed by atoms with van der Waals surface area (Å²) in [5.74, 6) is 0.886. The molecule has 0 amide bonds. The van der Waals surface area contributed by atoms with Crippen LogP contribution in [0.3, 0.4) is 0 Å². The largest absolute Gasteiger partial charge is 0.497 e. The molecule has 2 fully saturated rings. The minimum Gasteiger partial charge on any atom is -0.497 e. The lowest BCUT2D eigenvalue weighted by Crippen LogP contribution is -2.21. The second-order valence-electron chi connectivity index (χ2n) is 5.59. The summed E-state index contributed by atoms with van der Waals surface area (Å²) in [6, 6.07) is 6.25. The maximum absolute atomic E-state index is 10.2. The lowest BCUT2D eigenvalue weighted by atomic mass is 10.0. The zero-order valence-corrected chi connectivity index (χ0v) is 11.0. The molecule has 1 heterocycles. The van der Waals surface area contributed by atoms with Crippen molar-refractivity contribution < 1.29 is 9.84 Å². The average molecular weight is 247 g/mol. The van der Waals surface area contributed by atoms with E-state index in [0.29, 0.717) is 0 Å². The van der Waals surface area contributed by atoms with Crippen LogP contribution in [0.25, 0.3) is 0 Å². The molecule has 1 saturated carbocycles. The molecule has 3 heteroatoms. The highest BCUT2D eigenvalue weighted by Crippen LogP contribution is 2.41. The third-order valence-electron chi connectivity index (χ3n) is 4.08. The quantitative estimate of drug-likeness (QED) is 0.886. The number of aliphatic hydroxyl groups is 1. The molecule has 1 aliphatic carbocycles. The van der Waals surface area contributed by atoms with Gasteiger partial charge in [-0.05, 0) is 49.4 Å². The van der Waals surface area contributed by atoms with Gasteiger partial charge in [0.1, 0.15) is 5.75 Å². The fraction of sp³-hybridized carbons (Fsp3) is 0.600. The molecule has 0 spiro atoms. The summed E-state index contributed by atoms with van der Waals surface area (Å²) < 4.78 is 5.31. The van der Waals surface area contributed by atoms with E-state index in [1.807, 2.05) is 6.07 Å². The van der Waals surface area contributed by atoms with Crippen LogP contribution in [0.5, 0.6) is 5.75 Å². The molecule has 0 aromatic heterocycles. The molecule has 0 radical (unpaired) electrons. The number of methoxy groups -OCH3 is 1. The molecule has 1 aliphatic heterocycles. The number of hydrogen-bond donors (Lipinski definition) is 1. The predicted molar refractivity (Wildman–Crippen MR) is 72.3 cm³/mol. The van der Waals surface area contributed by atoms with E-state index >= 15 is 0 Å². The summed E-state index contributed by atoms with van der Waals surface area (Å²) in [4.78, 5) is 2.43. The Labute approximate surface area is 108 Å². The van der Waals surface area contributed by atoms with Crippen LogP contribution < -0.4 is 9.64 Å². The lowest BCUT2D eigenvalue weighted by molar-refractivity contribution is 0.151. The van der Waals surface area contributed by atoms with Gasteiger partial charge in [0.2, 0.25) is 0 Å². The summed E-state index contributed by atoms with van der Waals surface area (Å²) in [5, 5.41) is 10.2. The summed E-state index contributed by atoms with van der Waals surface area (Å²) >= 11 is 0. The highest BCUT2D eigenvalue weighted by Gasteiger charge is 2.41. The van der Waals surface area contributed by atoms with Gasteiger partial charge < -0.3 is 14.7 Å². The minimum atomic E-state index is -0.444. The Balaban J connectivity index is 1.90. The normalized spacial score (nSPS) is 21.1. The van der Waals surface area contributed by atoms with Crippen LogP contribution in [-0.4, -0.2) is 30.9 Å². The second-order valence-corrected chi connectivity index (χ2v) is 5.59. The van der Waals surface area contributed by atoms with Gasteiger partial charge in [-0.1, -0.05) is 0 Å². The number of nitrogens with zero attached hydrogens (tertiary/aromatic N) is 1. The highest BCUT2D eigenvalue weighted by molar-refractivity contribution is 5.57. The van der Waals surface area contributed by atoms with Crippen molar-refractivity contribution in [2.24, 2.45) is 0 Å². The van der Waals surface area contributed by atoms with E-state index in [1.165, 1.54) is 24.1 Å². The Morgan fingerprint density at radius 1 is 1.28 bits per heavy atom. The smallest absolute Gasteiger partial charge is 0.119 e. The van der Waals surface area contributed by atoms with E-state index in [2.05, 4.69) is 17.0 Å². The van der Waals surface area contributed by atoms with Crippen LogP contribution in [0.1, 0.15) is 31.2 Å². The van der Waals surface area contributed by atoms with Crippen molar-refractivity contribution in [1.29, 1.82) is 0 Å². The molecule has 18 heavy (non-hydrogen) atoms. The number of benzene rings is 1. The van der Waals surface area contributed by atoms with Gasteiger partial charge in [0.25, 0.3) is 0 Å². The first kappa shape index (κ1) is 11.8. The standard InChI is InChI=1S/C15H21NO2/c1-18-13-4-5-14(16-8-2-3-9-16)12(10-13)11-15(17)6-7-15/h4-5,10,17H,2-3,6-9,11H2,1H3. The molecule has 0 atom stereocenters. The minimum absolute atomic E-state index is 0.444. The molecule has 3 rings (SSSR count). The van der Waals surface area contributed by atoms with Crippen LogP contribution in [0.15, 0.2) is 18.2 Å². The Morgan fingerprint density at radius 3 is 2.61 bits per heavy atom. The van der Waals surface area contributed by atoms with Gasteiger partial charge in [0.05, 0.1) is 12.7 Å². The molecule has 1 saturated heterocycles. The van der Waals surface area contributed by atoms with Crippen LogP contribution in [0.4, 0.5) is 5.69 Å². The first-order valence-electron chi connectivity index (χ1n) is 6.84. The fourth-order valence-electron chi connectivity index (χ4n) is 2.77. The topological polar surface area (TPSA) is 32.7 Å². The number of ether oxygens (including phenoxy) is 1. The monoisotopic (exact) mass is 247 g/mol. The summed E-state index contributed by atoms with van der Waals surface area (Å²) in [7, 11) is 1.69. The van der Waals surface area contributed by atoms with Crippen molar-refractivity contribution in [3.8, 4) is 5.75 Å². The van der Waals surface area contributed by atoms with Gasteiger partial charge in [-0.2, -0.15) is 0 Å².